The molecule has 0 heterocycles. The van der Waals surface area contributed by atoms with Crippen LogP contribution in [0.4, 0.5) is 17.1 Å². The second kappa shape index (κ2) is 8.57. The summed E-state index contributed by atoms with van der Waals surface area (Å²) in [6.07, 6.45) is 5.69. The zero-order chi connectivity index (χ0) is 20.2. The summed E-state index contributed by atoms with van der Waals surface area (Å²) in [6, 6.07) is 3.32. The van der Waals surface area contributed by atoms with Crippen molar-refractivity contribution >= 4 is 39.2 Å². The van der Waals surface area contributed by atoms with Gasteiger partial charge in [-0.25, -0.2) is 0 Å². The van der Waals surface area contributed by atoms with Crippen molar-refractivity contribution in [3.63, 3.8) is 0 Å². The van der Waals surface area contributed by atoms with Crippen molar-refractivity contribution in [2.75, 3.05) is 5.43 Å². The molecule has 0 unspecified atom stereocenters. The lowest BCUT2D eigenvalue weighted by Gasteiger charge is -2.38. The first-order chi connectivity index (χ1) is 12.6. The van der Waals surface area contributed by atoms with Gasteiger partial charge >= 0.3 is 5.69 Å². The Morgan fingerprint density at radius 2 is 2.11 bits per heavy atom. The summed E-state index contributed by atoms with van der Waals surface area (Å²) < 4.78 is 0. The smallest absolute Gasteiger partial charge is 0.301 e. The van der Waals surface area contributed by atoms with Crippen molar-refractivity contribution in [3.8, 4) is 0 Å². The van der Waals surface area contributed by atoms with E-state index in [2.05, 4.69) is 26.5 Å². The topological polar surface area (TPSA) is 131 Å². The van der Waals surface area contributed by atoms with Gasteiger partial charge in [-0.15, -0.1) is 0 Å². The molecule has 2 rings (SSSR count). The molecule has 1 aromatic rings. The maximum absolute atomic E-state index is 11.1. The first-order valence-corrected chi connectivity index (χ1v) is 9.28. The number of benzene rings is 1. The average Bonchev–Trinajstić information content (AvgIpc) is 2.60. The quantitative estimate of drug-likeness (QED) is 0.295. The largest absolute Gasteiger partial charge is 0.389 e. The number of non-ortho nitro benzene ring substituents is 1. The number of alkyl halides is 1. The molecule has 2 N–H and O–H groups in total. The van der Waals surface area contributed by atoms with E-state index in [9.17, 15) is 25.3 Å². The number of hydrogen-bond acceptors (Lipinski definition) is 7. The number of nitro groups is 2. The molecule has 1 aliphatic rings. The molecular weight excluding hydrogens is 420 g/mol. The highest BCUT2D eigenvalue weighted by molar-refractivity contribution is 9.09. The SMILES string of the molecule is C/C(=C\C=NNc1ccc([N+](=O)[O-])cc1[N+](=O)[O-])[C@H]1CC[C@@](C)(O)[C@@H](Br)C1. The van der Waals surface area contributed by atoms with E-state index in [1.54, 1.807) is 0 Å². The van der Waals surface area contributed by atoms with Gasteiger partial charge in [0.25, 0.3) is 5.69 Å². The van der Waals surface area contributed by atoms with E-state index in [1.807, 2.05) is 19.9 Å². The van der Waals surface area contributed by atoms with E-state index in [1.165, 1.54) is 18.3 Å². The van der Waals surface area contributed by atoms with Gasteiger partial charge in [0, 0.05) is 17.1 Å². The summed E-state index contributed by atoms with van der Waals surface area (Å²) in [5.74, 6) is 0.315. The Hall–Kier alpha value is -2.33. The predicted molar refractivity (Wildman–Crippen MR) is 106 cm³/mol. The number of nitrogens with one attached hydrogen (secondary N) is 1. The van der Waals surface area contributed by atoms with Crippen LogP contribution in [-0.4, -0.2) is 31.6 Å². The van der Waals surface area contributed by atoms with Crippen molar-refractivity contribution in [2.45, 2.75) is 43.5 Å². The number of hydrogen-bond donors (Lipinski definition) is 2. The molecule has 0 saturated heterocycles. The van der Waals surface area contributed by atoms with Gasteiger partial charge in [-0.05, 0) is 51.2 Å². The summed E-state index contributed by atoms with van der Waals surface area (Å²) >= 11 is 3.53. The van der Waals surface area contributed by atoms with Gasteiger partial charge in [-0.2, -0.15) is 5.10 Å². The van der Waals surface area contributed by atoms with Crippen molar-refractivity contribution in [2.24, 2.45) is 11.0 Å². The maximum Gasteiger partial charge on any atom is 0.301 e. The molecule has 0 aromatic heterocycles. The highest BCUT2D eigenvalue weighted by Gasteiger charge is 2.37. The summed E-state index contributed by atoms with van der Waals surface area (Å²) in [5, 5.41) is 36.0. The maximum atomic E-state index is 11.1. The Bertz CT molecular complexity index is 794. The molecular formula is C17H21BrN4O5. The third-order valence-electron chi connectivity index (χ3n) is 4.79. The molecule has 9 nitrogen and oxygen atoms in total. The fourth-order valence-corrected chi connectivity index (χ4v) is 3.62. The number of allylic oxidation sites excluding steroid dienone is 2. The molecule has 3 atom stereocenters. The highest BCUT2D eigenvalue weighted by atomic mass is 79.9. The molecule has 1 saturated carbocycles. The van der Waals surface area contributed by atoms with Gasteiger partial charge in [-0.3, -0.25) is 25.7 Å². The molecule has 0 radical (unpaired) electrons. The van der Waals surface area contributed by atoms with Gasteiger partial charge < -0.3 is 5.11 Å². The molecule has 1 aliphatic carbocycles. The third kappa shape index (κ3) is 5.33. The Morgan fingerprint density at radius 3 is 2.70 bits per heavy atom. The first-order valence-electron chi connectivity index (χ1n) is 8.37. The average molecular weight is 441 g/mol. The van der Waals surface area contributed by atoms with Crippen LogP contribution in [0.3, 0.4) is 0 Å². The summed E-state index contributed by atoms with van der Waals surface area (Å²) in [6.45, 7) is 3.80. The lowest BCUT2D eigenvalue weighted by atomic mass is 9.77. The van der Waals surface area contributed by atoms with Crippen molar-refractivity contribution in [3.05, 3.63) is 50.1 Å². The summed E-state index contributed by atoms with van der Waals surface area (Å²) in [7, 11) is 0. The molecule has 0 bridgehead atoms. The molecule has 1 aromatic carbocycles. The number of nitro benzene ring substituents is 2. The summed E-state index contributed by atoms with van der Waals surface area (Å²) in [4.78, 5) is 20.5. The monoisotopic (exact) mass is 440 g/mol. The number of rotatable bonds is 6. The lowest BCUT2D eigenvalue weighted by Crippen LogP contribution is -2.41. The third-order valence-corrected chi connectivity index (χ3v) is 6.16. The number of aliphatic hydroxyl groups is 1. The van der Waals surface area contributed by atoms with Gasteiger partial charge in [0.1, 0.15) is 5.69 Å². The minimum Gasteiger partial charge on any atom is -0.389 e. The minimum absolute atomic E-state index is 0.0184. The Labute approximate surface area is 164 Å². The Morgan fingerprint density at radius 1 is 1.41 bits per heavy atom. The fraction of sp³-hybridized carbons (Fsp3) is 0.471. The number of nitrogens with zero attached hydrogens (tertiary/aromatic N) is 3. The van der Waals surface area contributed by atoms with Gasteiger partial charge in [0.15, 0.2) is 0 Å². The van der Waals surface area contributed by atoms with Crippen LogP contribution in [0.5, 0.6) is 0 Å². The number of halogens is 1. The van der Waals surface area contributed by atoms with Crippen LogP contribution in [0.25, 0.3) is 0 Å². The fourth-order valence-electron chi connectivity index (χ4n) is 2.94. The van der Waals surface area contributed by atoms with E-state index in [-0.39, 0.29) is 16.2 Å². The van der Waals surface area contributed by atoms with E-state index in [0.717, 1.165) is 24.5 Å². The Balaban J connectivity index is 2.04. The zero-order valence-corrected chi connectivity index (χ0v) is 16.5. The van der Waals surface area contributed by atoms with Gasteiger partial charge in [-0.1, -0.05) is 21.5 Å². The number of hydrazone groups is 1. The minimum atomic E-state index is -0.707. The predicted octanol–water partition coefficient (Wildman–Crippen LogP) is 4.16. The second-order valence-corrected chi connectivity index (χ2v) is 7.92. The van der Waals surface area contributed by atoms with Crippen molar-refractivity contribution < 1.29 is 15.0 Å². The molecule has 27 heavy (non-hydrogen) atoms. The Kier molecular flexibility index (Phi) is 6.66. The van der Waals surface area contributed by atoms with Crippen LogP contribution >= 0.6 is 15.9 Å². The second-order valence-electron chi connectivity index (χ2n) is 6.81. The van der Waals surface area contributed by atoms with Gasteiger partial charge in [0.05, 0.1) is 21.5 Å². The molecule has 0 spiro atoms. The normalized spacial score (nSPS) is 26.1. The van der Waals surface area contributed by atoms with Crippen LogP contribution in [0, 0.1) is 26.1 Å². The van der Waals surface area contributed by atoms with Crippen LogP contribution in [0.1, 0.15) is 33.1 Å². The standard InChI is InChI=1S/C17H21BrN4O5/c1-11(12-5-7-17(2,23)16(18)9-12)6-8-19-20-14-4-3-13(21(24)25)10-15(14)22(26)27/h3-4,6,8,10,12,16,20,23H,5,7,9H2,1-2H3/b11-6+,19-8?/t12-,16-,17+/m0/s1. The lowest BCUT2D eigenvalue weighted by molar-refractivity contribution is -0.393. The molecule has 1 fully saturated rings. The molecule has 0 amide bonds. The van der Waals surface area contributed by atoms with Gasteiger partial charge in [0.2, 0.25) is 0 Å². The van der Waals surface area contributed by atoms with Crippen molar-refractivity contribution in [1.29, 1.82) is 0 Å². The van der Waals surface area contributed by atoms with Crippen LogP contribution < -0.4 is 5.43 Å². The summed E-state index contributed by atoms with van der Waals surface area (Å²) in [5.41, 5.74) is 2.24. The molecule has 10 heteroatoms. The van der Waals surface area contributed by atoms with E-state index >= 15 is 0 Å². The zero-order valence-electron chi connectivity index (χ0n) is 15.0. The number of anilines is 1. The van der Waals surface area contributed by atoms with Crippen LogP contribution in [-0.2, 0) is 0 Å². The van der Waals surface area contributed by atoms with E-state index in [0.29, 0.717) is 12.3 Å². The van der Waals surface area contributed by atoms with Crippen molar-refractivity contribution in [1.82, 2.24) is 0 Å². The molecule has 0 aliphatic heterocycles. The highest BCUT2D eigenvalue weighted by Crippen LogP contribution is 2.39. The van der Waals surface area contributed by atoms with E-state index < -0.39 is 21.1 Å². The first kappa shape index (κ1) is 21.0. The molecule has 146 valence electrons. The van der Waals surface area contributed by atoms with Crippen LogP contribution in [0.15, 0.2) is 34.9 Å². The van der Waals surface area contributed by atoms with Crippen LogP contribution in [0.2, 0.25) is 0 Å². The van der Waals surface area contributed by atoms with E-state index in [4.69, 9.17) is 0 Å².